The summed E-state index contributed by atoms with van der Waals surface area (Å²) in [6.07, 6.45) is -0.257. The Hall–Kier alpha value is -3.86. The Bertz CT molecular complexity index is 1340. The van der Waals surface area contributed by atoms with Crippen molar-refractivity contribution < 1.29 is 28.6 Å². The number of nitrogens with zero attached hydrogens (tertiary/aromatic N) is 1. The number of carbonyl (C=O) groups excluding carboxylic acids is 2. The van der Waals surface area contributed by atoms with Crippen LogP contribution in [0.5, 0.6) is 5.75 Å². The number of halogens is 2. The number of hydrogen-bond acceptors (Lipinski definition) is 6. The minimum atomic E-state index is -1.11. The highest BCUT2D eigenvalue weighted by atomic mass is 19.1. The molecule has 218 valence electrons. The normalized spacial score (nSPS) is 14.9. The number of amides is 2. The summed E-state index contributed by atoms with van der Waals surface area (Å²) in [6.45, 7) is 4.86. The molecule has 0 aromatic heterocycles. The quantitative estimate of drug-likeness (QED) is 0.244. The van der Waals surface area contributed by atoms with E-state index in [1.165, 1.54) is 23.8 Å². The van der Waals surface area contributed by atoms with E-state index in [0.29, 0.717) is 32.7 Å². The molecule has 0 spiro atoms. The second-order valence-corrected chi connectivity index (χ2v) is 10.2. The zero-order valence-electron chi connectivity index (χ0n) is 23.0. The molecule has 0 unspecified atom stereocenters. The molecule has 3 aromatic carbocycles. The van der Waals surface area contributed by atoms with Gasteiger partial charge in [-0.2, -0.15) is 0 Å². The van der Waals surface area contributed by atoms with Crippen molar-refractivity contribution in [1.82, 2.24) is 20.9 Å². The minimum absolute atomic E-state index is 0.000161. The average Bonchev–Trinajstić information content (AvgIpc) is 2.96. The smallest absolute Gasteiger partial charge is 0.257 e. The van der Waals surface area contributed by atoms with Crippen molar-refractivity contribution in [1.29, 1.82) is 0 Å². The predicted octanol–water partition coefficient (Wildman–Crippen LogP) is 2.77. The molecule has 3 aromatic rings. The molecule has 5 N–H and O–H groups in total. The van der Waals surface area contributed by atoms with Gasteiger partial charge in [0.2, 0.25) is 0 Å². The fraction of sp³-hybridized carbons (Fsp3) is 0.355. The lowest BCUT2D eigenvalue weighted by Gasteiger charge is -2.28. The highest BCUT2D eigenvalue weighted by Gasteiger charge is 2.25. The first kappa shape index (κ1) is 30.1. The third-order valence-electron chi connectivity index (χ3n) is 7.13. The van der Waals surface area contributed by atoms with Crippen LogP contribution in [0.15, 0.2) is 60.7 Å². The van der Waals surface area contributed by atoms with Crippen LogP contribution in [0.2, 0.25) is 0 Å². The largest absolute Gasteiger partial charge is 0.507 e. The average molecular weight is 567 g/mol. The maximum atomic E-state index is 13.9. The van der Waals surface area contributed by atoms with Gasteiger partial charge in [0.1, 0.15) is 17.4 Å². The standard InChI is InChI=1S/C31H36F2N4O4/c1-2-20-4-3-5-21(12-20)18-35-19-29(39)27(15-22-13-24(32)17-25(33)14-22)36-30(40)23-6-7-28(38)26(16-23)31(41)37-10-8-34-9-11-37/h3-7,12-14,16-17,27,29,34-35,38-39H,2,8-11,15,18-19H2,1H3,(H,36,40)/t27-,29+/m0/s1. The van der Waals surface area contributed by atoms with E-state index >= 15 is 0 Å². The first-order valence-electron chi connectivity index (χ1n) is 13.8. The van der Waals surface area contributed by atoms with Gasteiger partial charge in [-0.15, -0.1) is 0 Å². The summed E-state index contributed by atoms with van der Waals surface area (Å²) in [4.78, 5) is 27.9. The van der Waals surface area contributed by atoms with Crippen molar-refractivity contribution in [3.63, 3.8) is 0 Å². The van der Waals surface area contributed by atoms with Gasteiger partial charge in [-0.25, -0.2) is 8.78 Å². The van der Waals surface area contributed by atoms with Crippen molar-refractivity contribution in [2.24, 2.45) is 0 Å². The van der Waals surface area contributed by atoms with Gasteiger partial charge in [0.05, 0.1) is 17.7 Å². The van der Waals surface area contributed by atoms with Crippen LogP contribution in [0, 0.1) is 11.6 Å². The SMILES string of the molecule is CCc1cccc(CNC[C@@H](O)[C@H](Cc2cc(F)cc(F)c2)NC(=O)c2ccc(O)c(C(=O)N3CCNCC3)c2)c1. The summed E-state index contributed by atoms with van der Waals surface area (Å²) in [5.74, 6) is -2.75. The summed E-state index contributed by atoms with van der Waals surface area (Å²) in [5.41, 5.74) is 2.60. The summed E-state index contributed by atoms with van der Waals surface area (Å²) in [7, 11) is 0. The molecule has 41 heavy (non-hydrogen) atoms. The second kappa shape index (κ2) is 14.2. The molecule has 1 heterocycles. The third kappa shape index (κ3) is 8.32. The van der Waals surface area contributed by atoms with Gasteiger partial charge < -0.3 is 31.1 Å². The Kier molecular flexibility index (Phi) is 10.4. The Morgan fingerprint density at radius 1 is 0.976 bits per heavy atom. The molecule has 0 aliphatic carbocycles. The Labute approximate surface area is 238 Å². The summed E-state index contributed by atoms with van der Waals surface area (Å²) >= 11 is 0. The molecule has 8 nitrogen and oxygen atoms in total. The van der Waals surface area contributed by atoms with Crippen molar-refractivity contribution in [2.45, 2.75) is 38.5 Å². The minimum Gasteiger partial charge on any atom is -0.507 e. The molecule has 1 aliphatic heterocycles. The molecule has 0 bridgehead atoms. The summed E-state index contributed by atoms with van der Waals surface area (Å²) < 4.78 is 27.8. The van der Waals surface area contributed by atoms with Gasteiger partial charge in [0.25, 0.3) is 11.8 Å². The van der Waals surface area contributed by atoms with Crippen LogP contribution in [0.1, 0.15) is 44.3 Å². The van der Waals surface area contributed by atoms with E-state index in [1.807, 2.05) is 18.2 Å². The number of aliphatic hydroxyl groups excluding tert-OH is 1. The van der Waals surface area contributed by atoms with Crippen LogP contribution in [0.3, 0.4) is 0 Å². The fourth-order valence-corrected chi connectivity index (χ4v) is 4.87. The highest BCUT2D eigenvalue weighted by molar-refractivity contribution is 6.01. The summed E-state index contributed by atoms with van der Waals surface area (Å²) in [5, 5.41) is 30.5. The molecule has 2 amide bonds. The highest BCUT2D eigenvalue weighted by Crippen LogP contribution is 2.21. The number of hydrogen-bond donors (Lipinski definition) is 5. The number of aliphatic hydroxyl groups is 1. The number of phenolic OH excluding ortho intramolecular Hbond substituents is 1. The Morgan fingerprint density at radius 2 is 1.68 bits per heavy atom. The zero-order chi connectivity index (χ0) is 29.4. The Morgan fingerprint density at radius 3 is 2.39 bits per heavy atom. The number of nitrogens with one attached hydrogen (secondary N) is 3. The number of piperazine rings is 1. The number of phenols is 1. The van der Waals surface area contributed by atoms with Crippen LogP contribution in [-0.2, 0) is 19.4 Å². The van der Waals surface area contributed by atoms with Gasteiger partial charge in [-0.05, 0) is 59.9 Å². The van der Waals surface area contributed by atoms with Crippen molar-refractivity contribution in [3.8, 4) is 5.75 Å². The number of aryl methyl sites for hydroxylation is 1. The van der Waals surface area contributed by atoms with E-state index < -0.39 is 29.7 Å². The van der Waals surface area contributed by atoms with Crippen molar-refractivity contribution in [3.05, 3.63) is 100 Å². The molecule has 0 radical (unpaired) electrons. The molecule has 2 atom stereocenters. The first-order valence-corrected chi connectivity index (χ1v) is 13.8. The molecular formula is C31H36F2N4O4. The maximum absolute atomic E-state index is 13.9. The molecule has 4 rings (SSSR count). The van der Waals surface area contributed by atoms with Crippen molar-refractivity contribution >= 4 is 11.8 Å². The topological polar surface area (TPSA) is 114 Å². The van der Waals surface area contributed by atoms with E-state index in [4.69, 9.17) is 0 Å². The second-order valence-electron chi connectivity index (χ2n) is 10.2. The van der Waals surface area contributed by atoms with E-state index in [9.17, 15) is 28.6 Å². The monoisotopic (exact) mass is 566 g/mol. The van der Waals surface area contributed by atoms with Gasteiger partial charge in [-0.3, -0.25) is 9.59 Å². The molecule has 10 heteroatoms. The fourth-order valence-electron chi connectivity index (χ4n) is 4.87. The number of carbonyl (C=O) groups is 2. The van der Waals surface area contributed by atoms with E-state index in [2.05, 4.69) is 28.9 Å². The van der Waals surface area contributed by atoms with Crippen LogP contribution >= 0.6 is 0 Å². The Balaban J connectivity index is 1.49. The lowest BCUT2D eigenvalue weighted by Crippen LogP contribution is -2.48. The van der Waals surface area contributed by atoms with Gasteiger partial charge in [0.15, 0.2) is 0 Å². The number of benzene rings is 3. The third-order valence-corrected chi connectivity index (χ3v) is 7.13. The van der Waals surface area contributed by atoms with E-state index in [-0.39, 0.29) is 41.3 Å². The molecule has 1 fully saturated rings. The first-order chi connectivity index (χ1) is 19.7. The molecule has 1 aliphatic rings. The maximum Gasteiger partial charge on any atom is 0.257 e. The van der Waals surface area contributed by atoms with Gasteiger partial charge >= 0.3 is 0 Å². The van der Waals surface area contributed by atoms with E-state index in [1.54, 1.807) is 4.90 Å². The van der Waals surface area contributed by atoms with Crippen LogP contribution in [-0.4, -0.2) is 71.8 Å². The molecular weight excluding hydrogens is 530 g/mol. The molecule has 0 saturated carbocycles. The van der Waals surface area contributed by atoms with Crippen molar-refractivity contribution in [2.75, 3.05) is 32.7 Å². The lowest BCUT2D eigenvalue weighted by molar-refractivity contribution is 0.0732. The van der Waals surface area contributed by atoms with Crippen LogP contribution in [0.25, 0.3) is 0 Å². The van der Waals surface area contributed by atoms with E-state index in [0.717, 1.165) is 30.2 Å². The summed E-state index contributed by atoms with van der Waals surface area (Å²) in [6, 6.07) is 14.2. The predicted molar refractivity (Wildman–Crippen MR) is 152 cm³/mol. The van der Waals surface area contributed by atoms with Gasteiger partial charge in [-0.1, -0.05) is 31.2 Å². The lowest BCUT2D eigenvalue weighted by atomic mass is 9.99. The molecule has 1 saturated heterocycles. The van der Waals surface area contributed by atoms with Crippen LogP contribution < -0.4 is 16.0 Å². The number of rotatable bonds is 11. The van der Waals surface area contributed by atoms with Gasteiger partial charge in [0, 0.05) is 50.9 Å². The van der Waals surface area contributed by atoms with Crippen LogP contribution in [0.4, 0.5) is 8.78 Å². The number of aromatic hydroxyl groups is 1. The zero-order valence-corrected chi connectivity index (χ0v) is 23.0.